The number of hydrogen-bond donors (Lipinski definition) is 2. The van der Waals surface area contributed by atoms with Crippen molar-refractivity contribution in [1.82, 2.24) is 9.88 Å². The molecule has 0 radical (unpaired) electrons. The van der Waals surface area contributed by atoms with E-state index in [0.717, 1.165) is 12.1 Å². The number of benzene rings is 1. The van der Waals surface area contributed by atoms with Gasteiger partial charge in [-0.1, -0.05) is 0 Å². The summed E-state index contributed by atoms with van der Waals surface area (Å²) in [5, 5.41) is 13.7. The highest BCUT2D eigenvalue weighted by Crippen LogP contribution is 2.34. The summed E-state index contributed by atoms with van der Waals surface area (Å²) in [6.45, 7) is 3.12. The Kier molecular flexibility index (Phi) is 5.31. The van der Waals surface area contributed by atoms with Gasteiger partial charge in [-0.15, -0.1) is 0 Å². The van der Waals surface area contributed by atoms with Crippen LogP contribution in [0.1, 0.15) is 35.3 Å². The summed E-state index contributed by atoms with van der Waals surface area (Å²) in [6.07, 6.45) is -1.72. The average Bonchev–Trinajstić information content (AvgIpc) is 3.11. The molecule has 0 aliphatic carbocycles. The van der Waals surface area contributed by atoms with Crippen molar-refractivity contribution >= 4 is 17.5 Å². The molecule has 0 fully saturated rings. The van der Waals surface area contributed by atoms with E-state index in [1.807, 2.05) is 0 Å². The van der Waals surface area contributed by atoms with Gasteiger partial charge in [0.2, 0.25) is 5.91 Å². The lowest BCUT2D eigenvalue weighted by Crippen LogP contribution is -2.39. The topological polar surface area (TPSA) is 86.9 Å². The molecule has 6 nitrogen and oxygen atoms in total. The number of halogens is 3. The Morgan fingerprint density at radius 2 is 1.85 bits per heavy atom. The standard InChI is InChI=1S/C18H17F3N4O2/c1-17(2,25-7-6-12(10-25)15(26)23-3)16(27)24-13-5-4-11(9-22)14(8-13)18(19,20)21/h4-8,10H,1-3H3,(H,23,26)(H,24,27). The summed E-state index contributed by atoms with van der Waals surface area (Å²) in [5.41, 5.74) is -2.57. The van der Waals surface area contributed by atoms with E-state index in [9.17, 15) is 22.8 Å². The second-order valence-electron chi connectivity index (χ2n) is 6.27. The van der Waals surface area contributed by atoms with Crippen LogP contribution in [0, 0.1) is 11.3 Å². The molecular weight excluding hydrogens is 361 g/mol. The molecule has 0 spiro atoms. The van der Waals surface area contributed by atoms with Crippen LogP contribution in [0.4, 0.5) is 18.9 Å². The van der Waals surface area contributed by atoms with Crippen LogP contribution in [0.25, 0.3) is 0 Å². The lowest BCUT2D eigenvalue weighted by molar-refractivity contribution is -0.137. The Morgan fingerprint density at radius 3 is 2.41 bits per heavy atom. The number of nitrogens with one attached hydrogen (secondary N) is 2. The van der Waals surface area contributed by atoms with Crippen LogP contribution in [0.15, 0.2) is 36.7 Å². The van der Waals surface area contributed by atoms with E-state index in [2.05, 4.69) is 10.6 Å². The van der Waals surface area contributed by atoms with Crippen LogP contribution < -0.4 is 10.6 Å². The van der Waals surface area contributed by atoms with Gasteiger partial charge in [0, 0.05) is 25.1 Å². The quantitative estimate of drug-likeness (QED) is 0.857. The van der Waals surface area contributed by atoms with Crippen LogP contribution in [0.2, 0.25) is 0 Å². The van der Waals surface area contributed by atoms with Gasteiger partial charge in [0.05, 0.1) is 22.8 Å². The summed E-state index contributed by atoms with van der Waals surface area (Å²) >= 11 is 0. The first-order chi connectivity index (χ1) is 12.5. The van der Waals surface area contributed by atoms with Gasteiger partial charge in [-0.2, -0.15) is 18.4 Å². The third kappa shape index (κ3) is 4.11. The van der Waals surface area contributed by atoms with Gasteiger partial charge >= 0.3 is 6.18 Å². The number of alkyl halides is 3. The second kappa shape index (κ2) is 7.15. The SMILES string of the molecule is CNC(=O)c1ccn(C(C)(C)C(=O)Nc2ccc(C#N)c(C(F)(F)F)c2)c1. The van der Waals surface area contributed by atoms with Crippen LogP contribution >= 0.6 is 0 Å². The monoisotopic (exact) mass is 378 g/mol. The van der Waals surface area contributed by atoms with E-state index < -0.39 is 28.7 Å². The minimum atomic E-state index is -4.72. The van der Waals surface area contributed by atoms with Gasteiger partial charge in [-0.3, -0.25) is 9.59 Å². The largest absolute Gasteiger partial charge is 0.417 e. The Labute approximate surface area is 153 Å². The highest BCUT2D eigenvalue weighted by Gasteiger charge is 2.35. The molecule has 1 aromatic carbocycles. The molecule has 2 amide bonds. The van der Waals surface area contributed by atoms with E-state index >= 15 is 0 Å². The maximum absolute atomic E-state index is 13.1. The van der Waals surface area contributed by atoms with Crippen molar-refractivity contribution in [2.24, 2.45) is 0 Å². The lowest BCUT2D eigenvalue weighted by Gasteiger charge is -2.26. The number of aromatic nitrogens is 1. The van der Waals surface area contributed by atoms with Gasteiger partial charge in [0.15, 0.2) is 0 Å². The first-order valence-electron chi connectivity index (χ1n) is 7.84. The molecule has 0 aliphatic rings. The molecule has 2 rings (SSSR count). The molecule has 0 atom stereocenters. The first-order valence-corrected chi connectivity index (χ1v) is 7.84. The highest BCUT2D eigenvalue weighted by molar-refractivity contribution is 5.97. The minimum absolute atomic E-state index is 0.0851. The maximum atomic E-state index is 13.1. The van der Waals surface area contributed by atoms with E-state index in [1.54, 1.807) is 13.8 Å². The third-order valence-electron chi connectivity index (χ3n) is 4.09. The van der Waals surface area contributed by atoms with Crippen molar-refractivity contribution in [3.63, 3.8) is 0 Å². The molecule has 0 unspecified atom stereocenters. The van der Waals surface area contributed by atoms with Crippen molar-refractivity contribution < 1.29 is 22.8 Å². The molecule has 1 aromatic heterocycles. The number of carbonyl (C=O) groups is 2. The Bertz CT molecular complexity index is 923. The Hall–Kier alpha value is -3.28. The fourth-order valence-electron chi connectivity index (χ4n) is 2.38. The van der Waals surface area contributed by atoms with Crippen molar-refractivity contribution in [3.05, 3.63) is 53.3 Å². The zero-order valence-corrected chi connectivity index (χ0v) is 14.8. The van der Waals surface area contributed by atoms with E-state index in [-0.39, 0.29) is 11.6 Å². The van der Waals surface area contributed by atoms with Crippen molar-refractivity contribution in [2.45, 2.75) is 25.6 Å². The number of amides is 2. The minimum Gasteiger partial charge on any atom is -0.355 e. The summed E-state index contributed by atoms with van der Waals surface area (Å²) < 4.78 is 40.7. The molecule has 142 valence electrons. The van der Waals surface area contributed by atoms with Crippen molar-refractivity contribution in [3.8, 4) is 6.07 Å². The number of rotatable bonds is 4. The molecule has 0 saturated heterocycles. The second-order valence-corrected chi connectivity index (χ2v) is 6.27. The molecule has 0 saturated carbocycles. The number of carbonyl (C=O) groups excluding carboxylic acids is 2. The van der Waals surface area contributed by atoms with Crippen LogP contribution in [0.3, 0.4) is 0 Å². The summed E-state index contributed by atoms with van der Waals surface area (Å²) in [4.78, 5) is 24.3. The molecule has 9 heteroatoms. The number of nitrogens with zero attached hydrogens (tertiary/aromatic N) is 2. The van der Waals surface area contributed by atoms with Gasteiger partial charge in [0.25, 0.3) is 5.91 Å². The Morgan fingerprint density at radius 1 is 1.19 bits per heavy atom. The zero-order valence-electron chi connectivity index (χ0n) is 14.8. The molecule has 0 bridgehead atoms. The third-order valence-corrected chi connectivity index (χ3v) is 4.09. The number of hydrogen-bond acceptors (Lipinski definition) is 3. The van der Waals surface area contributed by atoms with Crippen molar-refractivity contribution in [2.75, 3.05) is 12.4 Å². The van der Waals surface area contributed by atoms with Gasteiger partial charge in [-0.25, -0.2) is 0 Å². The highest BCUT2D eigenvalue weighted by atomic mass is 19.4. The van der Waals surface area contributed by atoms with Gasteiger partial charge in [-0.05, 0) is 38.1 Å². The smallest absolute Gasteiger partial charge is 0.355 e. The number of anilines is 1. The molecule has 0 aliphatic heterocycles. The lowest BCUT2D eigenvalue weighted by atomic mass is 10.0. The summed E-state index contributed by atoms with van der Waals surface area (Å²) in [7, 11) is 1.47. The molecule has 2 N–H and O–H groups in total. The summed E-state index contributed by atoms with van der Waals surface area (Å²) in [5.74, 6) is -0.911. The van der Waals surface area contributed by atoms with Gasteiger partial charge < -0.3 is 15.2 Å². The number of nitriles is 1. The molecule has 2 aromatic rings. The first kappa shape index (κ1) is 20.0. The van der Waals surface area contributed by atoms with Crippen LogP contribution in [-0.4, -0.2) is 23.4 Å². The van der Waals surface area contributed by atoms with E-state index in [4.69, 9.17) is 5.26 Å². The van der Waals surface area contributed by atoms with Crippen molar-refractivity contribution in [1.29, 1.82) is 5.26 Å². The Balaban J connectivity index is 2.29. The fraction of sp³-hybridized carbons (Fsp3) is 0.278. The van der Waals surface area contributed by atoms with Gasteiger partial charge in [0.1, 0.15) is 5.54 Å². The normalized spacial score (nSPS) is 11.6. The zero-order chi connectivity index (χ0) is 20.4. The fourth-order valence-corrected chi connectivity index (χ4v) is 2.38. The van der Waals surface area contributed by atoms with E-state index in [1.165, 1.54) is 42.2 Å². The summed E-state index contributed by atoms with van der Waals surface area (Å²) in [6, 6.07) is 5.96. The van der Waals surface area contributed by atoms with Crippen LogP contribution in [0.5, 0.6) is 0 Å². The van der Waals surface area contributed by atoms with E-state index in [0.29, 0.717) is 5.56 Å². The average molecular weight is 378 g/mol. The predicted octanol–water partition coefficient (Wildman–Crippen LogP) is 3.11. The van der Waals surface area contributed by atoms with Crippen LogP contribution in [-0.2, 0) is 16.5 Å². The molecule has 1 heterocycles. The molecule has 27 heavy (non-hydrogen) atoms. The molecular formula is C18H17F3N4O2. The predicted molar refractivity (Wildman–Crippen MR) is 91.9 cm³/mol. The maximum Gasteiger partial charge on any atom is 0.417 e.